The van der Waals surface area contributed by atoms with Gasteiger partial charge in [0.05, 0.1) is 18.1 Å². The fourth-order valence-corrected chi connectivity index (χ4v) is 3.61. The fourth-order valence-electron chi connectivity index (χ4n) is 3.01. The molecule has 5 heteroatoms. The van der Waals surface area contributed by atoms with Crippen LogP contribution >= 0.6 is 23.2 Å². The van der Waals surface area contributed by atoms with Crippen LogP contribution in [0.2, 0.25) is 5.15 Å². The molecule has 21 heavy (non-hydrogen) atoms. The van der Waals surface area contributed by atoms with Crippen LogP contribution in [0.4, 0.5) is 4.39 Å². The first kappa shape index (κ1) is 14.9. The van der Waals surface area contributed by atoms with Gasteiger partial charge in [-0.1, -0.05) is 36.6 Å². The molecule has 0 N–H and O–H groups in total. The highest BCUT2D eigenvalue weighted by Crippen LogP contribution is 2.38. The zero-order chi connectivity index (χ0) is 14.8. The van der Waals surface area contributed by atoms with E-state index in [-0.39, 0.29) is 5.82 Å². The van der Waals surface area contributed by atoms with Crippen molar-refractivity contribution in [3.63, 3.8) is 0 Å². The number of rotatable bonds is 4. The highest BCUT2D eigenvalue weighted by Gasteiger charge is 2.25. The normalized spacial score (nSPS) is 15.8. The summed E-state index contributed by atoms with van der Waals surface area (Å²) in [6.07, 6.45) is 4.81. The Bertz CT molecular complexity index is 616. The van der Waals surface area contributed by atoms with Crippen molar-refractivity contribution in [1.29, 1.82) is 0 Å². The molecule has 1 fully saturated rings. The van der Waals surface area contributed by atoms with Gasteiger partial charge in [-0.25, -0.2) is 9.07 Å². The summed E-state index contributed by atoms with van der Waals surface area (Å²) < 4.78 is 14.7. The van der Waals surface area contributed by atoms with Crippen LogP contribution in [-0.2, 0) is 12.4 Å². The van der Waals surface area contributed by atoms with Crippen molar-refractivity contribution in [2.45, 2.75) is 44.0 Å². The monoisotopic (exact) mass is 326 g/mol. The van der Waals surface area contributed by atoms with Gasteiger partial charge in [0.15, 0.2) is 0 Å². The standard InChI is InChI=1S/C16H17Cl2FN2/c17-9-14-15(12-3-1-2-4-12)20-21(16(14)18)10-11-5-7-13(19)8-6-11/h5-8,12H,1-4,9-10H2. The van der Waals surface area contributed by atoms with E-state index in [2.05, 4.69) is 5.10 Å². The third kappa shape index (κ3) is 3.09. The molecule has 0 spiro atoms. The van der Waals surface area contributed by atoms with Crippen molar-refractivity contribution in [2.75, 3.05) is 0 Å². The molecule has 1 aromatic carbocycles. The van der Waals surface area contributed by atoms with E-state index in [1.54, 1.807) is 16.8 Å². The summed E-state index contributed by atoms with van der Waals surface area (Å²) in [6.45, 7) is 0.537. The molecule has 2 aromatic rings. The number of halogens is 3. The third-order valence-corrected chi connectivity index (χ3v) is 4.82. The predicted octanol–water partition coefficient (Wildman–Crippen LogP) is 5.12. The van der Waals surface area contributed by atoms with Gasteiger partial charge in [-0.05, 0) is 30.5 Å². The van der Waals surface area contributed by atoms with Gasteiger partial charge in [0.1, 0.15) is 11.0 Å². The lowest BCUT2D eigenvalue weighted by Gasteiger charge is -2.06. The third-order valence-electron chi connectivity index (χ3n) is 4.13. The number of nitrogens with zero attached hydrogens (tertiary/aromatic N) is 2. The molecule has 1 aliphatic carbocycles. The maximum atomic E-state index is 13.0. The van der Waals surface area contributed by atoms with Crippen LogP contribution in [0.25, 0.3) is 0 Å². The van der Waals surface area contributed by atoms with E-state index in [0.29, 0.717) is 23.5 Å². The SMILES string of the molecule is Fc1ccc(Cn2nc(C3CCCC3)c(CCl)c2Cl)cc1. The molecule has 1 saturated carbocycles. The lowest BCUT2D eigenvalue weighted by molar-refractivity contribution is 0.618. The molecule has 0 saturated heterocycles. The number of alkyl halides is 1. The van der Waals surface area contributed by atoms with Crippen molar-refractivity contribution >= 4 is 23.2 Å². The van der Waals surface area contributed by atoms with Gasteiger partial charge in [0.2, 0.25) is 0 Å². The van der Waals surface area contributed by atoms with Crippen LogP contribution in [0.5, 0.6) is 0 Å². The zero-order valence-electron chi connectivity index (χ0n) is 11.7. The summed E-state index contributed by atoms with van der Waals surface area (Å²) in [7, 11) is 0. The average Bonchev–Trinajstić information content (AvgIpc) is 3.10. The van der Waals surface area contributed by atoms with Crippen LogP contribution in [0.15, 0.2) is 24.3 Å². The average molecular weight is 327 g/mol. The fraction of sp³-hybridized carbons (Fsp3) is 0.438. The van der Waals surface area contributed by atoms with Crippen LogP contribution < -0.4 is 0 Å². The predicted molar refractivity (Wildman–Crippen MR) is 83.5 cm³/mol. The first-order valence-corrected chi connectivity index (χ1v) is 8.15. The van der Waals surface area contributed by atoms with Crippen molar-refractivity contribution in [3.8, 4) is 0 Å². The minimum atomic E-state index is -0.238. The number of hydrogen-bond acceptors (Lipinski definition) is 1. The van der Waals surface area contributed by atoms with Gasteiger partial charge in [0.25, 0.3) is 0 Å². The second-order valence-corrected chi connectivity index (χ2v) is 6.18. The molecule has 112 valence electrons. The quantitative estimate of drug-likeness (QED) is 0.713. The largest absolute Gasteiger partial charge is 0.249 e. The van der Waals surface area contributed by atoms with E-state index in [4.69, 9.17) is 23.2 Å². The summed E-state index contributed by atoms with van der Waals surface area (Å²) >= 11 is 12.5. The molecular weight excluding hydrogens is 310 g/mol. The lowest BCUT2D eigenvalue weighted by atomic mass is 10.0. The van der Waals surface area contributed by atoms with Gasteiger partial charge < -0.3 is 0 Å². The van der Waals surface area contributed by atoms with Crippen molar-refractivity contribution < 1.29 is 4.39 Å². The molecule has 0 unspecified atom stereocenters. The Morgan fingerprint density at radius 3 is 2.48 bits per heavy atom. The summed E-state index contributed by atoms with van der Waals surface area (Å²) in [5, 5.41) is 5.29. The molecule has 0 aliphatic heterocycles. The summed E-state index contributed by atoms with van der Waals surface area (Å²) in [4.78, 5) is 0. The maximum absolute atomic E-state index is 13.0. The molecule has 1 aliphatic rings. The van der Waals surface area contributed by atoms with E-state index < -0.39 is 0 Å². The van der Waals surface area contributed by atoms with E-state index in [1.807, 2.05) is 0 Å². The molecule has 1 aromatic heterocycles. The van der Waals surface area contributed by atoms with Gasteiger partial charge in [0, 0.05) is 11.5 Å². The Balaban J connectivity index is 1.89. The molecule has 0 atom stereocenters. The number of benzene rings is 1. The summed E-state index contributed by atoms with van der Waals surface area (Å²) in [5.41, 5.74) is 2.97. The first-order valence-electron chi connectivity index (χ1n) is 7.24. The molecule has 0 amide bonds. The lowest BCUT2D eigenvalue weighted by Crippen LogP contribution is -2.03. The highest BCUT2D eigenvalue weighted by molar-refractivity contribution is 6.31. The van der Waals surface area contributed by atoms with E-state index in [0.717, 1.165) is 29.7 Å². The van der Waals surface area contributed by atoms with Crippen molar-refractivity contribution in [3.05, 3.63) is 52.1 Å². The molecule has 0 radical (unpaired) electrons. The van der Waals surface area contributed by atoms with E-state index in [1.165, 1.54) is 25.0 Å². The van der Waals surface area contributed by atoms with Crippen LogP contribution in [0, 0.1) is 5.82 Å². The van der Waals surface area contributed by atoms with Crippen molar-refractivity contribution in [2.24, 2.45) is 0 Å². The smallest absolute Gasteiger partial charge is 0.132 e. The molecule has 2 nitrogen and oxygen atoms in total. The summed E-state index contributed by atoms with van der Waals surface area (Å²) in [6, 6.07) is 6.41. The minimum absolute atomic E-state index is 0.238. The van der Waals surface area contributed by atoms with E-state index >= 15 is 0 Å². The second kappa shape index (κ2) is 6.37. The van der Waals surface area contributed by atoms with Gasteiger partial charge in [-0.15, -0.1) is 11.6 Å². The Morgan fingerprint density at radius 2 is 1.86 bits per heavy atom. The minimum Gasteiger partial charge on any atom is -0.249 e. The Hall–Kier alpha value is -1.06. The second-order valence-electron chi connectivity index (χ2n) is 5.55. The Kier molecular flexibility index (Phi) is 4.51. The molecule has 0 bridgehead atoms. The van der Waals surface area contributed by atoms with Crippen molar-refractivity contribution in [1.82, 2.24) is 9.78 Å². The highest BCUT2D eigenvalue weighted by atomic mass is 35.5. The number of hydrogen-bond donors (Lipinski definition) is 0. The van der Waals surface area contributed by atoms with Crippen LogP contribution in [0.1, 0.15) is 48.4 Å². The van der Waals surface area contributed by atoms with Gasteiger partial charge in [-0.3, -0.25) is 0 Å². The molecule has 3 rings (SSSR count). The number of aromatic nitrogens is 2. The van der Waals surface area contributed by atoms with Gasteiger partial charge in [-0.2, -0.15) is 5.10 Å². The van der Waals surface area contributed by atoms with Crippen LogP contribution in [-0.4, -0.2) is 9.78 Å². The Morgan fingerprint density at radius 1 is 1.19 bits per heavy atom. The zero-order valence-corrected chi connectivity index (χ0v) is 13.2. The molecule has 1 heterocycles. The van der Waals surface area contributed by atoms with E-state index in [9.17, 15) is 4.39 Å². The maximum Gasteiger partial charge on any atom is 0.132 e. The first-order chi connectivity index (χ1) is 10.2. The summed E-state index contributed by atoms with van der Waals surface area (Å²) in [5.74, 6) is 0.623. The van der Waals surface area contributed by atoms with Gasteiger partial charge >= 0.3 is 0 Å². The Labute approximate surface area is 133 Å². The van der Waals surface area contributed by atoms with Crippen LogP contribution in [0.3, 0.4) is 0 Å². The molecular formula is C16H17Cl2FN2. The topological polar surface area (TPSA) is 17.8 Å².